The van der Waals surface area contributed by atoms with E-state index in [0.717, 1.165) is 31.5 Å². The maximum atomic E-state index is 12.7. The third-order valence-corrected chi connectivity index (χ3v) is 6.15. The van der Waals surface area contributed by atoms with Crippen molar-refractivity contribution in [3.05, 3.63) is 34.9 Å². The monoisotopic (exact) mass is 398 g/mol. The summed E-state index contributed by atoms with van der Waals surface area (Å²) in [6.07, 6.45) is 2.71. The highest BCUT2D eigenvalue weighted by Gasteiger charge is 2.39. The molecule has 0 radical (unpaired) electrons. The van der Waals surface area contributed by atoms with Crippen LogP contribution in [0.15, 0.2) is 18.2 Å². The summed E-state index contributed by atoms with van der Waals surface area (Å²) in [4.78, 5) is 50.4. The summed E-state index contributed by atoms with van der Waals surface area (Å²) >= 11 is 0. The van der Waals surface area contributed by atoms with Crippen molar-refractivity contribution in [1.29, 1.82) is 0 Å². The Balaban J connectivity index is 1.43. The van der Waals surface area contributed by atoms with Crippen molar-refractivity contribution in [1.82, 2.24) is 20.9 Å². The van der Waals surface area contributed by atoms with Crippen LogP contribution in [0, 0.1) is 5.41 Å². The molecule has 8 nitrogen and oxygen atoms in total. The van der Waals surface area contributed by atoms with Gasteiger partial charge in [-0.15, -0.1) is 0 Å². The molecule has 0 saturated carbocycles. The van der Waals surface area contributed by atoms with E-state index in [1.165, 1.54) is 4.90 Å². The van der Waals surface area contributed by atoms with E-state index in [2.05, 4.69) is 22.9 Å². The molecule has 8 heteroatoms. The maximum Gasteiger partial charge on any atom is 0.255 e. The first-order valence-corrected chi connectivity index (χ1v) is 10.1. The minimum atomic E-state index is -0.649. The predicted molar refractivity (Wildman–Crippen MR) is 105 cm³/mol. The molecule has 3 aliphatic heterocycles. The van der Waals surface area contributed by atoms with E-state index >= 15 is 0 Å². The summed E-state index contributed by atoms with van der Waals surface area (Å²) in [6.45, 7) is 4.93. The Kier molecular flexibility index (Phi) is 5.12. The number of hydrogen-bond donors (Lipinski definition) is 3. The number of hydrogen-bond acceptors (Lipinski definition) is 5. The van der Waals surface area contributed by atoms with Crippen LogP contribution in [0.3, 0.4) is 0 Å². The van der Waals surface area contributed by atoms with Gasteiger partial charge in [-0.2, -0.15) is 0 Å². The van der Waals surface area contributed by atoms with E-state index in [0.29, 0.717) is 24.1 Å². The van der Waals surface area contributed by atoms with Gasteiger partial charge in [0, 0.05) is 37.2 Å². The van der Waals surface area contributed by atoms with E-state index in [9.17, 15) is 19.2 Å². The Hall–Kier alpha value is -2.74. The van der Waals surface area contributed by atoms with Crippen molar-refractivity contribution in [3.63, 3.8) is 0 Å². The molecule has 0 bridgehead atoms. The van der Waals surface area contributed by atoms with E-state index in [-0.39, 0.29) is 36.1 Å². The average molecular weight is 398 g/mol. The molecule has 2 atom stereocenters. The number of rotatable bonds is 4. The van der Waals surface area contributed by atoms with Crippen molar-refractivity contribution in [2.75, 3.05) is 19.6 Å². The molecule has 2 fully saturated rings. The molecule has 0 aromatic heterocycles. The second-order valence-electron chi connectivity index (χ2n) is 8.55. The topological polar surface area (TPSA) is 108 Å². The standard InChI is InChI=1S/C21H26N4O4/c1-21(7-2-8-22-11-21)12-23-18(27)13-3-4-15-14(9-13)10-25(20(15)29)16-5-6-17(26)24-19(16)28/h3-4,9,16,22H,2,5-8,10-12H2,1H3,(H,23,27)(H,24,26,28). The van der Waals surface area contributed by atoms with E-state index < -0.39 is 11.9 Å². The van der Waals surface area contributed by atoms with Gasteiger partial charge in [0.2, 0.25) is 11.8 Å². The van der Waals surface area contributed by atoms with Crippen LogP contribution in [0.2, 0.25) is 0 Å². The van der Waals surface area contributed by atoms with Gasteiger partial charge in [0.25, 0.3) is 11.8 Å². The summed E-state index contributed by atoms with van der Waals surface area (Å²) in [5.41, 5.74) is 1.80. The first-order valence-electron chi connectivity index (χ1n) is 10.1. The number of benzene rings is 1. The lowest BCUT2D eigenvalue weighted by molar-refractivity contribution is -0.136. The molecule has 2 saturated heterocycles. The van der Waals surface area contributed by atoms with Gasteiger partial charge < -0.3 is 15.5 Å². The van der Waals surface area contributed by atoms with Crippen molar-refractivity contribution < 1.29 is 19.2 Å². The van der Waals surface area contributed by atoms with Gasteiger partial charge in [0.15, 0.2) is 0 Å². The molecule has 2 unspecified atom stereocenters. The number of carbonyl (C=O) groups excluding carboxylic acids is 4. The van der Waals surface area contributed by atoms with E-state index in [1.54, 1.807) is 18.2 Å². The van der Waals surface area contributed by atoms with Crippen LogP contribution in [0.5, 0.6) is 0 Å². The second kappa shape index (κ2) is 7.59. The van der Waals surface area contributed by atoms with Crippen LogP contribution in [0.4, 0.5) is 0 Å². The fourth-order valence-electron chi connectivity index (χ4n) is 4.38. The molecule has 3 heterocycles. The van der Waals surface area contributed by atoms with Gasteiger partial charge in [-0.05, 0) is 55.0 Å². The zero-order valence-electron chi connectivity index (χ0n) is 16.5. The quantitative estimate of drug-likeness (QED) is 0.643. The molecule has 0 aliphatic carbocycles. The molecule has 4 rings (SSSR count). The third kappa shape index (κ3) is 3.89. The molecule has 29 heavy (non-hydrogen) atoms. The van der Waals surface area contributed by atoms with E-state index in [4.69, 9.17) is 0 Å². The molecule has 3 N–H and O–H groups in total. The van der Waals surface area contributed by atoms with Crippen LogP contribution < -0.4 is 16.0 Å². The smallest absolute Gasteiger partial charge is 0.255 e. The van der Waals surface area contributed by atoms with Crippen molar-refractivity contribution in [2.24, 2.45) is 5.41 Å². The van der Waals surface area contributed by atoms with Crippen LogP contribution >= 0.6 is 0 Å². The Morgan fingerprint density at radius 1 is 1.31 bits per heavy atom. The highest BCUT2D eigenvalue weighted by Crippen LogP contribution is 2.28. The number of imide groups is 1. The van der Waals surface area contributed by atoms with Crippen LogP contribution in [0.1, 0.15) is 58.9 Å². The summed E-state index contributed by atoms with van der Waals surface area (Å²) in [5, 5.41) is 8.68. The van der Waals surface area contributed by atoms with Gasteiger partial charge in [-0.3, -0.25) is 24.5 Å². The first-order chi connectivity index (χ1) is 13.9. The fraction of sp³-hybridized carbons (Fsp3) is 0.524. The Morgan fingerprint density at radius 3 is 2.86 bits per heavy atom. The lowest BCUT2D eigenvalue weighted by Crippen LogP contribution is -2.52. The average Bonchev–Trinajstić information content (AvgIpc) is 3.02. The Labute approximate surface area is 169 Å². The molecule has 154 valence electrons. The number of nitrogens with one attached hydrogen (secondary N) is 3. The zero-order valence-corrected chi connectivity index (χ0v) is 16.5. The van der Waals surface area contributed by atoms with Crippen molar-refractivity contribution in [3.8, 4) is 0 Å². The minimum Gasteiger partial charge on any atom is -0.351 e. The lowest BCUT2D eigenvalue weighted by atomic mass is 9.83. The van der Waals surface area contributed by atoms with Crippen LogP contribution in [-0.2, 0) is 16.1 Å². The molecular weight excluding hydrogens is 372 g/mol. The molecule has 1 aromatic carbocycles. The molecule has 1 aromatic rings. The zero-order chi connectivity index (χ0) is 20.6. The summed E-state index contributed by atoms with van der Waals surface area (Å²) < 4.78 is 0. The third-order valence-electron chi connectivity index (χ3n) is 6.15. The minimum absolute atomic E-state index is 0.0448. The molecule has 0 spiro atoms. The van der Waals surface area contributed by atoms with Crippen LogP contribution in [0.25, 0.3) is 0 Å². The summed E-state index contributed by atoms with van der Waals surface area (Å²) in [6, 6.07) is 4.39. The van der Waals surface area contributed by atoms with Crippen LogP contribution in [-0.4, -0.2) is 54.2 Å². The Morgan fingerprint density at radius 2 is 2.14 bits per heavy atom. The van der Waals surface area contributed by atoms with Crippen molar-refractivity contribution >= 4 is 23.6 Å². The molecule has 3 aliphatic rings. The molecular formula is C21H26N4O4. The van der Waals surface area contributed by atoms with E-state index in [1.807, 2.05) is 0 Å². The SMILES string of the molecule is CC1(CNC(=O)c2ccc3c(c2)CN(C2CCC(=O)NC2=O)C3=O)CCCNC1. The van der Waals surface area contributed by atoms with Crippen molar-refractivity contribution in [2.45, 2.75) is 45.2 Å². The first kappa shape index (κ1) is 19.6. The fourth-order valence-corrected chi connectivity index (χ4v) is 4.38. The van der Waals surface area contributed by atoms with Gasteiger partial charge in [-0.25, -0.2) is 0 Å². The van der Waals surface area contributed by atoms with Gasteiger partial charge in [0.05, 0.1) is 0 Å². The highest BCUT2D eigenvalue weighted by atomic mass is 16.2. The second-order valence-corrected chi connectivity index (χ2v) is 8.55. The number of carbonyl (C=O) groups is 4. The lowest BCUT2D eigenvalue weighted by Gasteiger charge is -2.34. The number of piperidine rings is 2. The summed E-state index contributed by atoms with van der Waals surface area (Å²) in [5.74, 6) is -1.14. The van der Waals surface area contributed by atoms with Gasteiger partial charge in [0.1, 0.15) is 6.04 Å². The number of nitrogens with zero attached hydrogens (tertiary/aromatic N) is 1. The maximum absolute atomic E-state index is 12.7. The Bertz CT molecular complexity index is 875. The normalized spacial score (nSPS) is 26.9. The predicted octanol–water partition coefficient (Wildman–Crippen LogP) is 0.567. The highest BCUT2D eigenvalue weighted by molar-refractivity contribution is 6.06. The number of amides is 4. The molecule has 4 amide bonds. The largest absolute Gasteiger partial charge is 0.351 e. The van der Waals surface area contributed by atoms with Gasteiger partial charge in [-0.1, -0.05) is 6.92 Å². The summed E-state index contributed by atoms with van der Waals surface area (Å²) in [7, 11) is 0. The van der Waals surface area contributed by atoms with Gasteiger partial charge >= 0.3 is 0 Å². The number of fused-ring (bicyclic) bond motifs is 1.